The number of hydrazine groups is 1. The third-order valence-corrected chi connectivity index (χ3v) is 6.16. The van der Waals surface area contributed by atoms with Crippen LogP contribution in [-0.2, 0) is 10.0 Å². The maximum absolute atomic E-state index is 13.1. The van der Waals surface area contributed by atoms with Gasteiger partial charge in [0.1, 0.15) is 10.6 Å². The van der Waals surface area contributed by atoms with Gasteiger partial charge < -0.3 is 10.0 Å². The topological polar surface area (TPSA) is 128 Å². The zero-order chi connectivity index (χ0) is 23.9. The van der Waals surface area contributed by atoms with E-state index >= 15 is 0 Å². The van der Waals surface area contributed by atoms with E-state index in [0.717, 1.165) is 12.8 Å². The Morgan fingerprint density at radius 1 is 1.03 bits per heavy atom. The van der Waals surface area contributed by atoms with Gasteiger partial charge in [-0.2, -0.15) is 0 Å². The largest absolute Gasteiger partial charge is 0.507 e. The van der Waals surface area contributed by atoms with Gasteiger partial charge in [-0.3, -0.25) is 19.7 Å². The predicted molar refractivity (Wildman–Crippen MR) is 123 cm³/mol. The predicted octanol–water partition coefficient (Wildman–Crippen LogP) is 2.63. The van der Waals surface area contributed by atoms with Gasteiger partial charge in [0.15, 0.2) is 0 Å². The Labute approximate surface area is 188 Å². The van der Waals surface area contributed by atoms with E-state index in [-0.39, 0.29) is 33.4 Å². The van der Waals surface area contributed by atoms with Crippen LogP contribution in [-0.4, -0.2) is 50.4 Å². The summed E-state index contributed by atoms with van der Waals surface area (Å²) >= 11 is 0. The minimum absolute atomic E-state index is 0.0193. The molecule has 2 amide bonds. The minimum Gasteiger partial charge on any atom is -0.507 e. The number of rotatable bonds is 10. The highest BCUT2D eigenvalue weighted by atomic mass is 32.2. The molecule has 0 saturated carbocycles. The molecule has 0 bridgehead atoms. The lowest BCUT2D eigenvalue weighted by Crippen LogP contribution is -2.35. The number of anilines is 1. The number of carbonyl (C=O) groups is 2. The molecule has 0 heterocycles. The Hall–Kier alpha value is -3.11. The van der Waals surface area contributed by atoms with Crippen molar-refractivity contribution < 1.29 is 23.1 Å². The number of sulfonamides is 1. The van der Waals surface area contributed by atoms with Crippen molar-refractivity contribution in [3.63, 3.8) is 0 Å². The van der Waals surface area contributed by atoms with E-state index in [9.17, 15) is 23.1 Å². The standard InChI is InChI=1S/C22H30N4O5S/c1-5-11-26(12-6-2)22(29)18-14-16(13-15(3)20(18)27)25-32(30,31)19-10-8-7-9-17(19)21(28)24-23-4/h7-10,13-14,23,25,27H,5-6,11-12H2,1-4H3,(H,24,28). The van der Waals surface area contributed by atoms with Crippen LogP contribution in [0.4, 0.5) is 5.69 Å². The molecule has 0 aromatic heterocycles. The van der Waals surface area contributed by atoms with Crippen molar-refractivity contribution in [2.24, 2.45) is 0 Å². The van der Waals surface area contributed by atoms with Crippen molar-refractivity contribution in [2.45, 2.75) is 38.5 Å². The van der Waals surface area contributed by atoms with Gasteiger partial charge in [0.2, 0.25) is 0 Å². The van der Waals surface area contributed by atoms with Crippen LogP contribution in [0.25, 0.3) is 0 Å². The summed E-state index contributed by atoms with van der Waals surface area (Å²) in [6.07, 6.45) is 1.51. The summed E-state index contributed by atoms with van der Waals surface area (Å²) in [6, 6.07) is 8.53. The first-order valence-corrected chi connectivity index (χ1v) is 11.9. The Morgan fingerprint density at radius 3 is 2.25 bits per heavy atom. The van der Waals surface area contributed by atoms with Crippen LogP contribution in [0.1, 0.15) is 53.0 Å². The molecule has 0 fully saturated rings. The SMILES string of the molecule is CCCN(CCC)C(=O)c1cc(NS(=O)(=O)c2ccccc2C(=O)NNC)cc(C)c1O. The molecule has 32 heavy (non-hydrogen) atoms. The molecule has 10 heteroatoms. The smallest absolute Gasteiger partial charge is 0.266 e. The van der Waals surface area contributed by atoms with Gasteiger partial charge in [-0.15, -0.1) is 0 Å². The summed E-state index contributed by atoms with van der Waals surface area (Å²) in [5.74, 6) is -1.17. The second kappa shape index (κ2) is 11.0. The summed E-state index contributed by atoms with van der Waals surface area (Å²) < 4.78 is 28.6. The molecule has 4 N–H and O–H groups in total. The van der Waals surface area contributed by atoms with Crippen molar-refractivity contribution in [3.8, 4) is 5.75 Å². The Kier molecular flexibility index (Phi) is 8.62. The fraction of sp³-hybridized carbons (Fsp3) is 0.364. The number of amides is 2. The van der Waals surface area contributed by atoms with Crippen molar-refractivity contribution in [2.75, 3.05) is 24.9 Å². The maximum atomic E-state index is 13.1. The van der Waals surface area contributed by atoms with Crippen molar-refractivity contribution >= 4 is 27.5 Å². The summed E-state index contributed by atoms with van der Waals surface area (Å²) in [7, 11) is -2.67. The second-order valence-corrected chi connectivity index (χ2v) is 8.94. The van der Waals surface area contributed by atoms with Gasteiger partial charge in [0.25, 0.3) is 21.8 Å². The molecule has 9 nitrogen and oxygen atoms in total. The molecule has 0 aliphatic carbocycles. The normalized spacial score (nSPS) is 11.1. The number of phenolic OH excluding ortho intramolecular Hbond substituents is 1. The summed E-state index contributed by atoms with van der Waals surface area (Å²) in [4.78, 5) is 26.7. The number of phenols is 1. The molecule has 174 valence electrons. The summed E-state index contributed by atoms with van der Waals surface area (Å²) in [5, 5.41) is 10.5. The zero-order valence-corrected chi connectivity index (χ0v) is 19.5. The first-order chi connectivity index (χ1) is 15.2. The fourth-order valence-corrected chi connectivity index (χ4v) is 4.55. The molecule has 0 spiro atoms. The van der Waals surface area contributed by atoms with Gasteiger partial charge in [-0.05, 0) is 49.6 Å². The average Bonchev–Trinajstić information content (AvgIpc) is 2.75. The third-order valence-electron chi connectivity index (χ3n) is 4.72. The fourth-order valence-electron chi connectivity index (χ4n) is 3.31. The van der Waals surface area contributed by atoms with Gasteiger partial charge in [0.05, 0.1) is 16.8 Å². The molecule has 0 saturated heterocycles. The highest BCUT2D eigenvalue weighted by molar-refractivity contribution is 7.92. The average molecular weight is 463 g/mol. The van der Waals surface area contributed by atoms with Gasteiger partial charge in [-0.25, -0.2) is 13.8 Å². The van der Waals surface area contributed by atoms with Gasteiger partial charge in [0, 0.05) is 20.1 Å². The second-order valence-electron chi connectivity index (χ2n) is 7.29. The highest BCUT2D eigenvalue weighted by Gasteiger charge is 2.25. The van der Waals surface area contributed by atoms with Crippen molar-refractivity contribution in [3.05, 3.63) is 53.1 Å². The van der Waals surface area contributed by atoms with Gasteiger partial charge >= 0.3 is 0 Å². The highest BCUT2D eigenvalue weighted by Crippen LogP contribution is 2.29. The number of nitrogens with one attached hydrogen (secondary N) is 3. The van der Waals surface area contributed by atoms with Crippen LogP contribution in [0, 0.1) is 6.92 Å². The van der Waals surface area contributed by atoms with E-state index in [0.29, 0.717) is 18.7 Å². The molecule has 2 aromatic carbocycles. The Balaban J connectivity index is 2.46. The minimum atomic E-state index is -4.17. The molecular weight excluding hydrogens is 432 g/mol. The molecule has 0 radical (unpaired) electrons. The lowest BCUT2D eigenvalue weighted by Gasteiger charge is -2.23. The lowest BCUT2D eigenvalue weighted by atomic mass is 10.1. The summed E-state index contributed by atoms with van der Waals surface area (Å²) in [6.45, 7) is 6.53. The zero-order valence-electron chi connectivity index (χ0n) is 18.7. The third kappa shape index (κ3) is 5.77. The van der Waals surface area contributed by atoms with Crippen LogP contribution in [0.2, 0.25) is 0 Å². The number of benzene rings is 2. The van der Waals surface area contributed by atoms with E-state index < -0.39 is 15.9 Å². The maximum Gasteiger partial charge on any atom is 0.266 e. The lowest BCUT2D eigenvalue weighted by molar-refractivity contribution is 0.0752. The van der Waals surface area contributed by atoms with Crippen LogP contribution < -0.4 is 15.6 Å². The monoisotopic (exact) mass is 462 g/mol. The Bertz CT molecular complexity index is 1080. The number of nitrogens with zero attached hydrogens (tertiary/aromatic N) is 1. The van der Waals surface area contributed by atoms with Crippen molar-refractivity contribution in [1.82, 2.24) is 15.8 Å². The van der Waals surface area contributed by atoms with Crippen LogP contribution in [0.15, 0.2) is 41.3 Å². The quantitative estimate of drug-likeness (QED) is 0.317. The number of carbonyl (C=O) groups excluding carboxylic acids is 2. The first kappa shape index (κ1) is 25.2. The van der Waals surface area contributed by atoms with Crippen LogP contribution in [0.3, 0.4) is 0 Å². The van der Waals surface area contributed by atoms with E-state index in [1.165, 1.54) is 37.4 Å². The van der Waals surface area contributed by atoms with E-state index in [4.69, 9.17) is 0 Å². The number of aryl methyl sites for hydroxylation is 1. The van der Waals surface area contributed by atoms with Gasteiger partial charge in [-0.1, -0.05) is 26.0 Å². The molecule has 2 aromatic rings. The van der Waals surface area contributed by atoms with Crippen LogP contribution >= 0.6 is 0 Å². The molecular formula is C22H30N4O5S. The van der Waals surface area contributed by atoms with Crippen LogP contribution in [0.5, 0.6) is 5.75 Å². The number of hydrogen-bond acceptors (Lipinski definition) is 6. The van der Waals surface area contributed by atoms with E-state index in [1.54, 1.807) is 17.9 Å². The number of hydrogen-bond donors (Lipinski definition) is 4. The Morgan fingerprint density at radius 2 is 1.66 bits per heavy atom. The first-order valence-electron chi connectivity index (χ1n) is 10.4. The molecule has 0 aliphatic rings. The summed E-state index contributed by atoms with van der Waals surface area (Å²) in [5.41, 5.74) is 5.26. The molecule has 0 unspecified atom stereocenters. The molecule has 0 aliphatic heterocycles. The number of aromatic hydroxyl groups is 1. The molecule has 0 atom stereocenters. The van der Waals surface area contributed by atoms with Crippen molar-refractivity contribution in [1.29, 1.82) is 0 Å². The molecule has 2 rings (SSSR count). The van der Waals surface area contributed by atoms with E-state index in [1.807, 2.05) is 13.8 Å². The van der Waals surface area contributed by atoms with E-state index in [2.05, 4.69) is 15.6 Å².